The van der Waals surface area contributed by atoms with Gasteiger partial charge in [0.05, 0.1) is 5.92 Å². The molecule has 0 saturated carbocycles. The molecule has 0 spiro atoms. The van der Waals surface area contributed by atoms with Crippen molar-refractivity contribution >= 4 is 5.97 Å². The minimum absolute atomic E-state index is 0.274. The molecule has 4 nitrogen and oxygen atoms in total. The highest BCUT2D eigenvalue weighted by molar-refractivity contribution is 5.69. The lowest BCUT2D eigenvalue weighted by molar-refractivity contribution is -0.141. The van der Waals surface area contributed by atoms with Gasteiger partial charge in [0.1, 0.15) is 0 Å². The van der Waals surface area contributed by atoms with Gasteiger partial charge >= 0.3 is 5.97 Å². The maximum Gasteiger partial charge on any atom is 0.307 e. The first-order valence-corrected chi connectivity index (χ1v) is 6.32. The Labute approximate surface area is 98.0 Å². The van der Waals surface area contributed by atoms with Gasteiger partial charge < -0.3 is 15.3 Å². The largest absolute Gasteiger partial charge is 0.481 e. The quantitative estimate of drug-likeness (QED) is 0.716. The van der Waals surface area contributed by atoms with Gasteiger partial charge in [-0.3, -0.25) is 4.79 Å². The fourth-order valence-corrected chi connectivity index (χ4v) is 2.19. The van der Waals surface area contributed by atoms with Gasteiger partial charge in [0, 0.05) is 19.1 Å². The van der Waals surface area contributed by atoms with Crippen LogP contribution in [0.25, 0.3) is 0 Å². The highest BCUT2D eigenvalue weighted by atomic mass is 16.4. The second-order valence-electron chi connectivity index (χ2n) is 4.74. The van der Waals surface area contributed by atoms with Crippen LogP contribution in [0.2, 0.25) is 0 Å². The summed E-state index contributed by atoms with van der Waals surface area (Å²) in [6, 6.07) is 0.551. The molecule has 16 heavy (non-hydrogen) atoms. The van der Waals surface area contributed by atoms with Crippen molar-refractivity contribution in [3.8, 4) is 0 Å². The summed E-state index contributed by atoms with van der Waals surface area (Å²) in [5.41, 5.74) is 0. The molecule has 2 unspecified atom stereocenters. The molecular formula is C12H24N2O2. The molecule has 1 fully saturated rings. The van der Waals surface area contributed by atoms with Crippen LogP contribution in [0.1, 0.15) is 33.1 Å². The molecule has 94 valence electrons. The van der Waals surface area contributed by atoms with Gasteiger partial charge in [-0.2, -0.15) is 0 Å². The first-order valence-electron chi connectivity index (χ1n) is 6.32. The summed E-state index contributed by atoms with van der Waals surface area (Å²) in [7, 11) is 0. The molecule has 1 aliphatic rings. The van der Waals surface area contributed by atoms with Crippen molar-refractivity contribution in [3.05, 3.63) is 0 Å². The molecule has 1 aliphatic heterocycles. The first-order chi connectivity index (χ1) is 7.63. The van der Waals surface area contributed by atoms with Crippen LogP contribution >= 0.6 is 0 Å². The van der Waals surface area contributed by atoms with Gasteiger partial charge in [-0.1, -0.05) is 20.3 Å². The highest BCUT2D eigenvalue weighted by Crippen LogP contribution is 2.09. The third-order valence-electron chi connectivity index (χ3n) is 3.29. The monoisotopic (exact) mass is 228 g/mol. The zero-order valence-corrected chi connectivity index (χ0v) is 10.4. The second kappa shape index (κ2) is 6.86. The Hall–Kier alpha value is -0.610. The van der Waals surface area contributed by atoms with Crippen molar-refractivity contribution < 1.29 is 9.90 Å². The summed E-state index contributed by atoms with van der Waals surface area (Å²) in [6.07, 6.45) is 3.79. The number of rotatable bonds is 6. The van der Waals surface area contributed by atoms with Gasteiger partial charge in [-0.15, -0.1) is 0 Å². The third-order valence-corrected chi connectivity index (χ3v) is 3.29. The van der Waals surface area contributed by atoms with Crippen molar-refractivity contribution in [2.75, 3.05) is 26.2 Å². The summed E-state index contributed by atoms with van der Waals surface area (Å²) in [6.45, 7) is 7.54. The zero-order chi connectivity index (χ0) is 12.0. The van der Waals surface area contributed by atoms with Crippen molar-refractivity contribution in [2.45, 2.75) is 39.2 Å². The Morgan fingerprint density at radius 3 is 2.81 bits per heavy atom. The van der Waals surface area contributed by atoms with E-state index in [0.29, 0.717) is 12.6 Å². The Kier molecular flexibility index (Phi) is 5.77. The standard InChI is InChI=1S/C12H24N2O2/c1-3-14(8-10(2)12(15)16)9-11-6-4-5-7-13-11/h10-11,13H,3-9H2,1-2H3,(H,15,16). The summed E-state index contributed by atoms with van der Waals surface area (Å²) in [4.78, 5) is 13.0. The minimum Gasteiger partial charge on any atom is -0.481 e. The third kappa shape index (κ3) is 4.49. The molecule has 1 rings (SSSR count). The number of aliphatic carboxylic acids is 1. The Morgan fingerprint density at radius 1 is 1.56 bits per heavy atom. The number of carboxylic acids is 1. The van der Waals surface area contributed by atoms with E-state index in [1.807, 2.05) is 0 Å². The summed E-state index contributed by atoms with van der Waals surface area (Å²) in [5.74, 6) is -0.974. The molecule has 0 radical (unpaired) electrons. The number of carbonyl (C=O) groups is 1. The predicted octanol–water partition coefficient (Wildman–Crippen LogP) is 1.17. The van der Waals surface area contributed by atoms with E-state index in [2.05, 4.69) is 17.1 Å². The van der Waals surface area contributed by atoms with Gasteiger partial charge in [-0.05, 0) is 25.9 Å². The Bertz CT molecular complexity index is 215. The zero-order valence-electron chi connectivity index (χ0n) is 10.4. The maximum absolute atomic E-state index is 10.8. The van der Waals surface area contributed by atoms with Crippen molar-refractivity contribution in [2.24, 2.45) is 5.92 Å². The number of likely N-dealkylation sites (N-methyl/N-ethyl adjacent to an activating group) is 1. The lowest BCUT2D eigenvalue weighted by atomic mass is 10.0. The molecule has 0 amide bonds. The Balaban J connectivity index is 2.32. The second-order valence-corrected chi connectivity index (χ2v) is 4.74. The molecule has 1 saturated heterocycles. The van der Waals surface area contributed by atoms with Crippen molar-refractivity contribution in [3.63, 3.8) is 0 Å². The molecule has 4 heteroatoms. The number of carboxylic acid groups (broad SMARTS) is 1. The number of nitrogens with one attached hydrogen (secondary N) is 1. The topological polar surface area (TPSA) is 52.6 Å². The first kappa shape index (κ1) is 13.5. The van der Waals surface area contributed by atoms with Crippen LogP contribution in [0.5, 0.6) is 0 Å². The average molecular weight is 228 g/mol. The predicted molar refractivity (Wildman–Crippen MR) is 64.6 cm³/mol. The highest BCUT2D eigenvalue weighted by Gasteiger charge is 2.19. The van der Waals surface area contributed by atoms with E-state index in [1.54, 1.807) is 6.92 Å². The molecule has 2 atom stereocenters. The van der Waals surface area contributed by atoms with Crippen molar-refractivity contribution in [1.82, 2.24) is 10.2 Å². The van der Waals surface area contributed by atoms with Crippen LogP contribution in [0.4, 0.5) is 0 Å². The SMILES string of the molecule is CCN(CC1CCCCN1)CC(C)C(=O)O. The summed E-state index contributed by atoms with van der Waals surface area (Å²) >= 11 is 0. The van der Waals surface area contributed by atoms with E-state index in [1.165, 1.54) is 19.3 Å². The summed E-state index contributed by atoms with van der Waals surface area (Å²) < 4.78 is 0. The molecule has 0 aliphatic carbocycles. The van der Waals surface area contributed by atoms with Crippen LogP contribution < -0.4 is 5.32 Å². The number of nitrogens with zero attached hydrogens (tertiary/aromatic N) is 1. The minimum atomic E-state index is -0.699. The van der Waals surface area contributed by atoms with E-state index in [9.17, 15) is 4.79 Å². The van der Waals surface area contributed by atoms with E-state index in [-0.39, 0.29) is 5.92 Å². The van der Waals surface area contributed by atoms with E-state index in [0.717, 1.165) is 19.6 Å². The smallest absolute Gasteiger partial charge is 0.307 e. The maximum atomic E-state index is 10.8. The lowest BCUT2D eigenvalue weighted by Gasteiger charge is -2.30. The van der Waals surface area contributed by atoms with Gasteiger partial charge in [0.25, 0.3) is 0 Å². The molecule has 0 aromatic rings. The molecule has 2 N–H and O–H groups in total. The van der Waals surface area contributed by atoms with Gasteiger partial charge in [0.15, 0.2) is 0 Å². The van der Waals surface area contributed by atoms with Crippen LogP contribution in [0, 0.1) is 5.92 Å². The molecule has 0 aromatic heterocycles. The van der Waals surface area contributed by atoms with Crippen LogP contribution in [-0.4, -0.2) is 48.2 Å². The van der Waals surface area contributed by atoms with Crippen LogP contribution in [0.15, 0.2) is 0 Å². The fraction of sp³-hybridized carbons (Fsp3) is 0.917. The van der Waals surface area contributed by atoms with Crippen LogP contribution in [-0.2, 0) is 4.79 Å². The molecule has 1 heterocycles. The lowest BCUT2D eigenvalue weighted by Crippen LogP contribution is -2.45. The van der Waals surface area contributed by atoms with E-state index < -0.39 is 5.97 Å². The summed E-state index contributed by atoms with van der Waals surface area (Å²) in [5, 5.41) is 12.4. The number of piperidine rings is 1. The van der Waals surface area contributed by atoms with Gasteiger partial charge in [-0.25, -0.2) is 0 Å². The molecule has 0 bridgehead atoms. The average Bonchev–Trinajstić information content (AvgIpc) is 2.29. The fourth-order valence-electron chi connectivity index (χ4n) is 2.19. The molecular weight excluding hydrogens is 204 g/mol. The number of hydrogen-bond acceptors (Lipinski definition) is 3. The van der Waals surface area contributed by atoms with Crippen molar-refractivity contribution in [1.29, 1.82) is 0 Å². The van der Waals surface area contributed by atoms with Gasteiger partial charge in [0.2, 0.25) is 0 Å². The molecule has 0 aromatic carbocycles. The van der Waals surface area contributed by atoms with E-state index in [4.69, 9.17) is 5.11 Å². The van der Waals surface area contributed by atoms with Crippen LogP contribution in [0.3, 0.4) is 0 Å². The number of hydrogen-bond donors (Lipinski definition) is 2. The Morgan fingerprint density at radius 2 is 2.31 bits per heavy atom. The van der Waals surface area contributed by atoms with E-state index >= 15 is 0 Å². The normalized spacial score (nSPS) is 23.3.